The van der Waals surface area contributed by atoms with Crippen LogP contribution in [0.3, 0.4) is 0 Å². The van der Waals surface area contributed by atoms with Gasteiger partial charge in [-0.1, -0.05) is 19.9 Å². The summed E-state index contributed by atoms with van der Waals surface area (Å²) < 4.78 is 5.64. The first-order valence-corrected chi connectivity index (χ1v) is 5.96. The number of oxazole rings is 1. The summed E-state index contributed by atoms with van der Waals surface area (Å²) in [5.74, 6) is 0.0362. The van der Waals surface area contributed by atoms with Crippen molar-refractivity contribution in [2.75, 3.05) is 0 Å². The maximum Gasteiger partial charge on any atom is 0.313 e. The first-order valence-electron chi connectivity index (χ1n) is 5.96. The third-order valence-corrected chi connectivity index (χ3v) is 3.16. The summed E-state index contributed by atoms with van der Waals surface area (Å²) in [6.45, 7) is 7.37. The lowest BCUT2D eigenvalue weighted by atomic mass is 9.85. The minimum atomic E-state index is -0.932. The summed E-state index contributed by atoms with van der Waals surface area (Å²) in [4.78, 5) is 15.6. The molecule has 18 heavy (non-hydrogen) atoms. The van der Waals surface area contributed by atoms with Crippen LogP contribution >= 0.6 is 0 Å². The van der Waals surface area contributed by atoms with Crippen molar-refractivity contribution >= 4 is 17.1 Å². The van der Waals surface area contributed by atoms with Gasteiger partial charge in [-0.05, 0) is 31.5 Å². The van der Waals surface area contributed by atoms with Gasteiger partial charge >= 0.3 is 5.97 Å². The second-order valence-corrected chi connectivity index (χ2v) is 5.32. The van der Waals surface area contributed by atoms with Crippen LogP contribution in [0.2, 0.25) is 0 Å². The summed E-state index contributed by atoms with van der Waals surface area (Å²) in [6, 6.07) is 5.37. The highest BCUT2D eigenvalue weighted by Crippen LogP contribution is 2.28. The maximum absolute atomic E-state index is 11.2. The average molecular weight is 247 g/mol. The monoisotopic (exact) mass is 247 g/mol. The Labute approximate surface area is 106 Å². The van der Waals surface area contributed by atoms with Gasteiger partial charge in [0, 0.05) is 5.92 Å². The van der Waals surface area contributed by atoms with Gasteiger partial charge in [-0.2, -0.15) is 0 Å². The topological polar surface area (TPSA) is 63.3 Å². The van der Waals surface area contributed by atoms with Crippen LogP contribution in [0.5, 0.6) is 0 Å². The first-order chi connectivity index (χ1) is 8.32. The third kappa shape index (κ3) is 1.98. The number of carboxylic acids is 1. The molecule has 4 nitrogen and oxygen atoms in total. The molecule has 2 aromatic rings. The molecule has 0 unspecified atom stereocenters. The summed E-state index contributed by atoms with van der Waals surface area (Å²) in [6.07, 6.45) is 0. The SMILES string of the molecule is CC(C)c1nc2ccc(C(C)(C)C(=O)O)cc2o1. The number of aliphatic carboxylic acids is 1. The van der Waals surface area contributed by atoms with Crippen molar-refractivity contribution in [2.24, 2.45) is 0 Å². The molecule has 0 saturated heterocycles. The van der Waals surface area contributed by atoms with E-state index >= 15 is 0 Å². The van der Waals surface area contributed by atoms with E-state index in [2.05, 4.69) is 4.98 Å². The second-order valence-electron chi connectivity index (χ2n) is 5.32. The molecule has 2 rings (SSSR count). The van der Waals surface area contributed by atoms with Crippen LogP contribution in [0.25, 0.3) is 11.1 Å². The molecule has 0 bridgehead atoms. The largest absolute Gasteiger partial charge is 0.481 e. The molecule has 0 atom stereocenters. The number of rotatable bonds is 3. The van der Waals surface area contributed by atoms with Gasteiger partial charge < -0.3 is 9.52 Å². The van der Waals surface area contributed by atoms with E-state index < -0.39 is 11.4 Å². The number of fused-ring (bicyclic) bond motifs is 1. The second kappa shape index (κ2) is 4.12. The fraction of sp³-hybridized carbons (Fsp3) is 0.429. The Morgan fingerprint density at radius 1 is 1.39 bits per heavy atom. The van der Waals surface area contributed by atoms with Crippen LogP contribution in [0.4, 0.5) is 0 Å². The standard InChI is InChI=1S/C14H17NO3/c1-8(2)12-15-10-6-5-9(7-11(10)18-12)14(3,4)13(16)17/h5-8H,1-4H3,(H,16,17). The van der Waals surface area contributed by atoms with E-state index in [-0.39, 0.29) is 5.92 Å². The molecule has 1 N–H and O–H groups in total. The zero-order chi connectivity index (χ0) is 13.5. The fourth-order valence-electron chi connectivity index (χ4n) is 1.70. The number of aromatic nitrogens is 1. The molecule has 1 heterocycles. The minimum absolute atomic E-state index is 0.216. The first kappa shape index (κ1) is 12.6. The van der Waals surface area contributed by atoms with E-state index in [0.717, 1.165) is 5.52 Å². The minimum Gasteiger partial charge on any atom is -0.481 e. The van der Waals surface area contributed by atoms with E-state index in [1.165, 1.54) is 0 Å². The molecule has 96 valence electrons. The smallest absolute Gasteiger partial charge is 0.313 e. The van der Waals surface area contributed by atoms with Crippen LogP contribution in [-0.2, 0) is 10.2 Å². The molecular formula is C14H17NO3. The number of nitrogens with zero attached hydrogens (tertiary/aromatic N) is 1. The molecule has 0 amide bonds. The number of benzene rings is 1. The molecule has 0 aliphatic heterocycles. The van der Waals surface area contributed by atoms with E-state index in [4.69, 9.17) is 4.42 Å². The summed E-state index contributed by atoms with van der Waals surface area (Å²) in [5, 5.41) is 9.21. The highest BCUT2D eigenvalue weighted by atomic mass is 16.4. The van der Waals surface area contributed by atoms with Crippen LogP contribution in [0.1, 0.15) is 45.1 Å². The Hall–Kier alpha value is -1.84. The highest BCUT2D eigenvalue weighted by molar-refractivity contribution is 5.83. The van der Waals surface area contributed by atoms with Crippen molar-refractivity contribution in [3.63, 3.8) is 0 Å². The van der Waals surface area contributed by atoms with Gasteiger partial charge in [-0.3, -0.25) is 4.79 Å². The van der Waals surface area contributed by atoms with Crippen molar-refractivity contribution in [3.8, 4) is 0 Å². The van der Waals surface area contributed by atoms with Crippen molar-refractivity contribution in [2.45, 2.75) is 39.0 Å². The predicted octanol–water partition coefficient (Wildman–Crippen LogP) is 3.31. The van der Waals surface area contributed by atoms with E-state index in [0.29, 0.717) is 17.0 Å². The van der Waals surface area contributed by atoms with Gasteiger partial charge in [0.2, 0.25) is 0 Å². The van der Waals surface area contributed by atoms with Gasteiger partial charge in [0.05, 0.1) is 5.41 Å². The lowest BCUT2D eigenvalue weighted by Crippen LogP contribution is -2.28. The van der Waals surface area contributed by atoms with Crippen LogP contribution < -0.4 is 0 Å². The number of hydrogen-bond donors (Lipinski definition) is 1. The van der Waals surface area contributed by atoms with Crippen LogP contribution in [0.15, 0.2) is 22.6 Å². The fourth-order valence-corrected chi connectivity index (χ4v) is 1.70. The molecule has 1 aromatic carbocycles. The predicted molar refractivity (Wildman–Crippen MR) is 68.8 cm³/mol. The van der Waals surface area contributed by atoms with Crippen LogP contribution in [0, 0.1) is 0 Å². The number of carbonyl (C=O) groups is 1. The van der Waals surface area contributed by atoms with Crippen molar-refractivity contribution in [3.05, 3.63) is 29.7 Å². The summed E-state index contributed by atoms with van der Waals surface area (Å²) >= 11 is 0. The molecule has 0 spiro atoms. The Morgan fingerprint density at radius 3 is 2.61 bits per heavy atom. The van der Waals surface area contributed by atoms with Crippen molar-refractivity contribution in [1.82, 2.24) is 4.98 Å². The van der Waals surface area contributed by atoms with Gasteiger partial charge in [-0.25, -0.2) is 4.98 Å². The Bertz CT molecular complexity index is 596. The molecule has 0 radical (unpaired) electrons. The number of hydrogen-bond acceptors (Lipinski definition) is 3. The lowest BCUT2D eigenvalue weighted by molar-refractivity contribution is -0.142. The maximum atomic E-state index is 11.2. The lowest BCUT2D eigenvalue weighted by Gasteiger charge is -2.19. The van der Waals surface area contributed by atoms with Crippen molar-refractivity contribution < 1.29 is 14.3 Å². The van der Waals surface area contributed by atoms with Crippen molar-refractivity contribution in [1.29, 1.82) is 0 Å². The Morgan fingerprint density at radius 2 is 2.06 bits per heavy atom. The quantitative estimate of drug-likeness (QED) is 0.903. The third-order valence-electron chi connectivity index (χ3n) is 3.16. The Kier molecular flexibility index (Phi) is 2.89. The van der Waals surface area contributed by atoms with E-state index in [1.54, 1.807) is 26.0 Å². The molecule has 0 saturated carbocycles. The van der Waals surface area contributed by atoms with Gasteiger partial charge in [0.15, 0.2) is 11.5 Å². The molecule has 4 heteroatoms. The van der Waals surface area contributed by atoms with E-state index in [9.17, 15) is 9.90 Å². The summed E-state index contributed by atoms with van der Waals surface area (Å²) in [5.41, 5.74) is 1.20. The summed E-state index contributed by atoms with van der Waals surface area (Å²) in [7, 11) is 0. The van der Waals surface area contributed by atoms with Crippen LogP contribution in [-0.4, -0.2) is 16.1 Å². The Balaban J connectivity index is 2.54. The molecular weight excluding hydrogens is 230 g/mol. The number of carboxylic acid groups (broad SMARTS) is 1. The van der Waals surface area contributed by atoms with Gasteiger partial charge in [0.1, 0.15) is 5.52 Å². The molecule has 1 aromatic heterocycles. The molecule has 0 fully saturated rings. The molecule has 0 aliphatic rings. The van der Waals surface area contributed by atoms with Gasteiger partial charge in [-0.15, -0.1) is 0 Å². The van der Waals surface area contributed by atoms with Gasteiger partial charge in [0.25, 0.3) is 0 Å². The normalized spacial score (nSPS) is 12.3. The molecule has 0 aliphatic carbocycles. The zero-order valence-electron chi connectivity index (χ0n) is 11.0. The average Bonchev–Trinajstić information content (AvgIpc) is 2.71. The highest BCUT2D eigenvalue weighted by Gasteiger charge is 2.30. The zero-order valence-corrected chi connectivity index (χ0v) is 11.0. The van der Waals surface area contributed by atoms with E-state index in [1.807, 2.05) is 19.9 Å².